The maximum absolute atomic E-state index is 14.7. The summed E-state index contributed by atoms with van der Waals surface area (Å²) in [5.41, 5.74) is 4.77. The molecule has 1 amide bonds. The summed E-state index contributed by atoms with van der Waals surface area (Å²) in [6, 6.07) is 22.5. The van der Waals surface area contributed by atoms with Crippen molar-refractivity contribution in [2.24, 2.45) is 11.3 Å². The fourth-order valence-electron chi connectivity index (χ4n) is 12.8. The summed E-state index contributed by atoms with van der Waals surface area (Å²) < 4.78 is 49.5. The number of piperidine rings is 1. The van der Waals surface area contributed by atoms with Gasteiger partial charge in [-0.15, -0.1) is 0 Å². The lowest BCUT2D eigenvalue weighted by Gasteiger charge is -2.59. The van der Waals surface area contributed by atoms with Gasteiger partial charge in [0.15, 0.2) is 0 Å². The van der Waals surface area contributed by atoms with Crippen molar-refractivity contribution in [2.75, 3.05) is 61.2 Å². The Morgan fingerprint density at radius 3 is 2.51 bits per heavy atom. The van der Waals surface area contributed by atoms with Crippen LogP contribution in [0.5, 0.6) is 5.88 Å². The first-order chi connectivity index (χ1) is 35.1. The molecule has 2 aliphatic carbocycles. The number of hydrogen-bond acceptors (Lipinski definition) is 14. The maximum atomic E-state index is 14.7. The van der Waals surface area contributed by atoms with Gasteiger partial charge >= 0.3 is 0 Å². The number of nitro benzene ring substituents is 1. The number of benzene rings is 3. The highest BCUT2D eigenvalue weighted by Gasteiger charge is 2.51. The van der Waals surface area contributed by atoms with Gasteiger partial charge in [-0.2, -0.15) is 4.98 Å². The van der Waals surface area contributed by atoms with Crippen LogP contribution < -0.4 is 24.6 Å². The van der Waals surface area contributed by atoms with E-state index in [0.29, 0.717) is 86.5 Å². The van der Waals surface area contributed by atoms with E-state index >= 15 is 0 Å². The molecule has 1 spiro atoms. The van der Waals surface area contributed by atoms with Crippen LogP contribution in [0.15, 0.2) is 83.9 Å². The quantitative estimate of drug-likeness (QED) is 0.0681. The van der Waals surface area contributed by atoms with Crippen molar-refractivity contribution in [3.8, 4) is 5.88 Å². The predicted octanol–water partition coefficient (Wildman–Crippen LogP) is 8.97. The third-order valence-electron chi connectivity index (χ3n) is 17.0. The van der Waals surface area contributed by atoms with Gasteiger partial charge in [0, 0.05) is 61.5 Å². The minimum Gasteiger partial charge on any atom is -0.470 e. The molecule has 5 fully saturated rings. The Bertz CT molecular complexity index is 2990. The number of fused-ring (bicyclic) bond motifs is 3. The molecule has 17 nitrogen and oxygen atoms in total. The van der Waals surface area contributed by atoms with Gasteiger partial charge in [0.2, 0.25) is 5.88 Å². The van der Waals surface area contributed by atoms with Crippen LogP contribution in [-0.4, -0.2) is 115 Å². The number of ether oxygens (including phenoxy) is 3. The molecule has 0 unspecified atom stereocenters. The van der Waals surface area contributed by atoms with Gasteiger partial charge in [-0.3, -0.25) is 19.8 Å². The molecule has 5 aromatic rings. The van der Waals surface area contributed by atoms with Gasteiger partial charge in [0.05, 0.1) is 65.2 Å². The second-order valence-corrected chi connectivity index (χ2v) is 23.9. The van der Waals surface area contributed by atoms with E-state index in [1.165, 1.54) is 23.3 Å². The molecule has 2 aromatic heterocycles. The van der Waals surface area contributed by atoms with Crippen LogP contribution in [0.3, 0.4) is 0 Å². The van der Waals surface area contributed by atoms with Crippen molar-refractivity contribution in [3.63, 3.8) is 0 Å². The van der Waals surface area contributed by atoms with E-state index in [4.69, 9.17) is 19.2 Å². The van der Waals surface area contributed by atoms with Crippen molar-refractivity contribution in [1.29, 1.82) is 0 Å². The second-order valence-electron chi connectivity index (χ2n) is 22.3. The zero-order valence-electron chi connectivity index (χ0n) is 42.2. The molecule has 3 aromatic carbocycles. The summed E-state index contributed by atoms with van der Waals surface area (Å²) in [4.78, 5) is 41.3. The number of carbonyl (C=O) groups excluding carboxylic acids is 1. The van der Waals surface area contributed by atoms with E-state index in [-0.39, 0.29) is 40.8 Å². The fourth-order valence-corrected chi connectivity index (χ4v) is 13.8. The number of nitro groups is 1. The zero-order chi connectivity index (χ0) is 50.8. The standard InChI is InChI=1S/C55H68N8O9S/c1-34(2)41-7-5-6-8-42(41)48-32-71-31-35(3)61(48)39-28-55(29-39)19-22-60(23-20-55)38-9-11-43(45(26-38)62-47-25-37-15-21-56-51(37)58-53(47)72-50-16-24-70-33-49(50)62)52(64)59-73(68,69)40-10-12-44(46(27-40)63(66)67)57-30-36-13-17-54(4,65)18-14-36/h5-12,15,21,25-27,34-36,39,48-50,57,65H,13-14,16-20,22-24,28-33H2,1-4H3,(H,56,58)(H,59,64)/t35-,36?,48-,49-,50-,54?/m1/s1. The highest BCUT2D eigenvalue weighted by atomic mass is 32.2. The maximum Gasteiger partial charge on any atom is 0.293 e. The summed E-state index contributed by atoms with van der Waals surface area (Å²) in [5.74, 6) is 0.118. The Labute approximate surface area is 427 Å². The number of rotatable bonds is 12. The predicted molar refractivity (Wildman–Crippen MR) is 279 cm³/mol. The van der Waals surface area contributed by atoms with E-state index in [1.807, 2.05) is 42.3 Å². The number of sulfonamides is 1. The smallest absolute Gasteiger partial charge is 0.293 e. The number of amides is 1. The average molecular weight is 1020 g/mol. The summed E-state index contributed by atoms with van der Waals surface area (Å²) in [6.45, 7) is 12.9. The molecule has 388 valence electrons. The van der Waals surface area contributed by atoms with Gasteiger partial charge in [0.1, 0.15) is 23.1 Å². The summed E-state index contributed by atoms with van der Waals surface area (Å²) >= 11 is 0. The molecule has 6 heterocycles. The van der Waals surface area contributed by atoms with Gasteiger partial charge in [0.25, 0.3) is 21.6 Å². The monoisotopic (exact) mass is 1020 g/mol. The number of nitrogens with zero attached hydrogens (tertiary/aromatic N) is 5. The van der Waals surface area contributed by atoms with Crippen molar-refractivity contribution < 1.29 is 37.5 Å². The van der Waals surface area contributed by atoms with E-state index in [9.17, 15) is 28.4 Å². The number of pyridine rings is 1. The van der Waals surface area contributed by atoms with Gasteiger partial charge < -0.3 is 39.4 Å². The molecule has 4 aliphatic heterocycles. The molecule has 6 aliphatic rings. The minimum atomic E-state index is -4.63. The third-order valence-corrected chi connectivity index (χ3v) is 18.3. The number of morpholine rings is 1. The molecule has 4 atom stereocenters. The average Bonchev–Trinajstić information content (AvgIpc) is 3.83. The first-order valence-electron chi connectivity index (χ1n) is 26.2. The number of H-pyrrole nitrogens is 1. The fraction of sp³-hybridized carbons (Fsp3) is 0.527. The van der Waals surface area contributed by atoms with Crippen molar-refractivity contribution in [3.05, 3.63) is 106 Å². The molecule has 2 saturated carbocycles. The SMILES string of the molecule is CC(C)c1ccccc1[C@H]1COC[C@@H](C)N1C1CC2(CCN(c3ccc(C(=O)NS(=O)(=O)c4ccc(NCC5CCC(C)(O)CC5)c([N+](=O)[O-])c4)c(N4c5cc6cc[nH]c6nc5O[C@@H]5CCOC[C@H]54)c3)CC2)C1. The van der Waals surface area contributed by atoms with E-state index < -0.39 is 37.0 Å². The Balaban J connectivity index is 0.867. The number of hydrogen-bond donors (Lipinski definition) is 4. The number of carbonyl (C=O) groups is 1. The molecular formula is C55H68N8O9S. The van der Waals surface area contributed by atoms with Crippen LogP contribution in [0.4, 0.5) is 28.4 Å². The first kappa shape index (κ1) is 49.4. The topological polar surface area (TPSA) is 205 Å². The van der Waals surface area contributed by atoms with Crippen LogP contribution >= 0.6 is 0 Å². The van der Waals surface area contributed by atoms with Crippen molar-refractivity contribution in [1.82, 2.24) is 19.6 Å². The summed E-state index contributed by atoms with van der Waals surface area (Å²) in [7, 11) is -4.63. The molecule has 11 rings (SSSR count). The van der Waals surface area contributed by atoms with Crippen LogP contribution in [0.1, 0.15) is 119 Å². The Hall–Kier alpha value is -5.79. The molecule has 4 N–H and O–H groups in total. The van der Waals surface area contributed by atoms with Crippen LogP contribution in [0, 0.1) is 21.4 Å². The van der Waals surface area contributed by atoms with Gasteiger partial charge in [-0.25, -0.2) is 13.1 Å². The van der Waals surface area contributed by atoms with Crippen molar-refractivity contribution >= 4 is 55.4 Å². The number of aromatic amines is 1. The number of anilines is 4. The second kappa shape index (κ2) is 19.5. The molecule has 3 saturated heterocycles. The lowest BCUT2D eigenvalue weighted by Crippen LogP contribution is -2.60. The molecule has 73 heavy (non-hydrogen) atoms. The largest absolute Gasteiger partial charge is 0.470 e. The third kappa shape index (κ3) is 9.65. The lowest BCUT2D eigenvalue weighted by atomic mass is 9.59. The zero-order valence-corrected chi connectivity index (χ0v) is 43.0. The molecule has 18 heteroatoms. The van der Waals surface area contributed by atoms with Crippen LogP contribution in [0.2, 0.25) is 0 Å². The van der Waals surface area contributed by atoms with E-state index in [0.717, 1.165) is 75.4 Å². The lowest BCUT2D eigenvalue weighted by molar-refractivity contribution is -0.384. The Morgan fingerprint density at radius 1 is 0.959 bits per heavy atom. The Morgan fingerprint density at radius 2 is 1.74 bits per heavy atom. The summed E-state index contributed by atoms with van der Waals surface area (Å²) in [5, 5.41) is 26.8. The van der Waals surface area contributed by atoms with E-state index in [2.05, 4.69) is 69.9 Å². The first-order valence-corrected chi connectivity index (χ1v) is 27.7. The summed E-state index contributed by atoms with van der Waals surface area (Å²) in [6.07, 6.45) is 9.14. The molecule has 0 radical (unpaired) electrons. The molecule has 0 bridgehead atoms. The van der Waals surface area contributed by atoms with Gasteiger partial charge in [-0.05, 0) is 136 Å². The number of aliphatic hydroxyl groups is 1. The number of aromatic nitrogens is 2. The van der Waals surface area contributed by atoms with Gasteiger partial charge in [-0.1, -0.05) is 38.1 Å². The minimum absolute atomic E-state index is 0.0986. The normalized spacial score (nSPS) is 26.5. The Kier molecular flexibility index (Phi) is 13.2. The van der Waals surface area contributed by atoms with E-state index in [1.54, 1.807) is 6.07 Å². The van der Waals surface area contributed by atoms with Crippen molar-refractivity contribution in [2.45, 2.75) is 132 Å². The van der Waals surface area contributed by atoms with Crippen LogP contribution in [0.25, 0.3) is 11.0 Å². The highest BCUT2D eigenvalue weighted by Crippen LogP contribution is 2.54. The highest BCUT2D eigenvalue weighted by molar-refractivity contribution is 7.90. The number of nitrogens with one attached hydrogen (secondary N) is 3. The van der Waals surface area contributed by atoms with Crippen LogP contribution in [-0.2, 0) is 19.5 Å². The molecular weight excluding hydrogens is 949 g/mol.